The zero-order chi connectivity index (χ0) is 28.9. The number of carboxylic acid groups (broad SMARTS) is 1. The Morgan fingerprint density at radius 3 is 2.46 bits per heavy atom. The third-order valence-corrected chi connectivity index (χ3v) is 8.20. The zero-order valence-electron chi connectivity index (χ0n) is 19.8. The standard InChI is InChI=1S/C25H18ClF6NO5S/c1-12(24(34)35)5-16-11-33(39(36,37)17-4-2-3-14(8-17)25(30,31)32)21-7-13(6-20(29)23(21)38-16)18-9-15(27)10-19(28)22(18)26/h2-4,6-10,12,16H,5,11H2,1H3,(H,34,35)/t12-,16-/m0/s1. The Hall–Kier alpha value is -3.45. The van der Waals surface area contributed by atoms with E-state index in [0.717, 1.165) is 30.3 Å². The number of rotatable bonds is 6. The van der Waals surface area contributed by atoms with Crippen LogP contribution in [-0.2, 0) is 21.0 Å². The van der Waals surface area contributed by atoms with Crippen molar-refractivity contribution in [2.75, 3.05) is 10.8 Å². The van der Waals surface area contributed by atoms with Gasteiger partial charge < -0.3 is 9.84 Å². The monoisotopic (exact) mass is 593 g/mol. The molecule has 0 aliphatic carbocycles. The molecule has 1 aliphatic rings. The maximum Gasteiger partial charge on any atom is 0.416 e. The summed E-state index contributed by atoms with van der Waals surface area (Å²) in [4.78, 5) is 10.6. The van der Waals surface area contributed by atoms with Crippen LogP contribution in [0.5, 0.6) is 5.75 Å². The molecular formula is C25H18ClF6NO5S. The van der Waals surface area contributed by atoms with Crippen LogP contribution in [0.25, 0.3) is 11.1 Å². The van der Waals surface area contributed by atoms with Crippen LogP contribution in [0.4, 0.5) is 32.0 Å². The van der Waals surface area contributed by atoms with E-state index in [9.17, 15) is 40.3 Å². The summed E-state index contributed by atoms with van der Waals surface area (Å²) in [5.41, 5.74) is -2.31. The molecule has 6 nitrogen and oxygen atoms in total. The fourth-order valence-corrected chi connectivity index (χ4v) is 5.85. The highest BCUT2D eigenvalue weighted by atomic mass is 35.5. The first kappa shape index (κ1) is 28.6. The summed E-state index contributed by atoms with van der Waals surface area (Å²) in [7, 11) is -4.83. The predicted octanol–water partition coefficient (Wildman–Crippen LogP) is 6.51. The summed E-state index contributed by atoms with van der Waals surface area (Å²) < 4.78 is 117. The fraction of sp³-hybridized carbons (Fsp3) is 0.240. The van der Waals surface area contributed by atoms with Gasteiger partial charge in [0.05, 0.1) is 33.6 Å². The van der Waals surface area contributed by atoms with Crippen LogP contribution in [-0.4, -0.2) is 32.1 Å². The van der Waals surface area contributed by atoms with Crippen LogP contribution in [0.1, 0.15) is 18.9 Å². The second kappa shape index (κ2) is 10.3. The summed E-state index contributed by atoms with van der Waals surface area (Å²) in [6.07, 6.45) is -6.35. The molecule has 208 valence electrons. The normalized spacial score (nSPS) is 16.4. The van der Waals surface area contributed by atoms with Gasteiger partial charge in [0.2, 0.25) is 0 Å². The highest BCUT2D eigenvalue weighted by Crippen LogP contribution is 2.44. The molecule has 1 N–H and O–H groups in total. The van der Waals surface area contributed by atoms with Crippen molar-refractivity contribution in [1.82, 2.24) is 0 Å². The highest BCUT2D eigenvalue weighted by Gasteiger charge is 2.39. The second-order valence-corrected chi connectivity index (χ2v) is 11.1. The second-order valence-electron chi connectivity index (χ2n) is 8.83. The molecule has 0 aromatic heterocycles. The zero-order valence-corrected chi connectivity index (χ0v) is 21.3. The van der Waals surface area contributed by atoms with Crippen molar-refractivity contribution in [1.29, 1.82) is 0 Å². The first-order valence-electron chi connectivity index (χ1n) is 11.2. The number of hydrogen-bond donors (Lipinski definition) is 1. The van der Waals surface area contributed by atoms with Crippen molar-refractivity contribution in [2.24, 2.45) is 5.92 Å². The molecule has 0 radical (unpaired) electrons. The number of carbonyl (C=O) groups is 1. The minimum Gasteiger partial charge on any atom is -0.483 e. The number of benzene rings is 3. The lowest BCUT2D eigenvalue weighted by Crippen LogP contribution is -2.45. The Bertz CT molecular complexity index is 1560. The first-order chi connectivity index (χ1) is 18.1. The van der Waals surface area contributed by atoms with E-state index in [0.29, 0.717) is 22.5 Å². The van der Waals surface area contributed by atoms with E-state index >= 15 is 4.39 Å². The molecule has 3 aromatic carbocycles. The lowest BCUT2D eigenvalue weighted by molar-refractivity contribution is -0.142. The number of halogens is 7. The van der Waals surface area contributed by atoms with E-state index in [2.05, 4.69) is 0 Å². The predicted molar refractivity (Wildman–Crippen MR) is 129 cm³/mol. The average molecular weight is 594 g/mol. The van der Waals surface area contributed by atoms with E-state index < -0.39 is 85.1 Å². The van der Waals surface area contributed by atoms with Crippen LogP contribution >= 0.6 is 11.6 Å². The Morgan fingerprint density at radius 2 is 1.82 bits per heavy atom. The maximum absolute atomic E-state index is 15.4. The lowest BCUT2D eigenvalue weighted by atomic mass is 10.0. The van der Waals surface area contributed by atoms with Crippen LogP contribution in [0, 0.1) is 23.4 Å². The van der Waals surface area contributed by atoms with Gasteiger partial charge in [0.25, 0.3) is 10.0 Å². The Morgan fingerprint density at radius 1 is 1.13 bits per heavy atom. The number of nitrogens with zero attached hydrogens (tertiary/aromatic N) is 1. The van der Waals surface area contributed by atoms with Gasteiger partial charge in [-0.25, -0.2) is 21.6 Å². The minimum absolute atomic E-state index is 0.250. The number of sulfonamides is 1. The minimum atomic E-state index is -4.87. The number of alkyl halides is 3. The van der Waals surface area contributed by atoms with Crippen LogP contribution in [0.2, 0.25) is 5.02 Å². The van der Waals surface area contributed by atoms with E-state index in [1.807, 2.05) is 0 Å². The third-order valence-electron chi connectivity index (χ3n) is 6.04. The van der Waals surface area contributed by atoms with Gasteiger partial charge >= 0.3 is 12.1 Å². The van der Waals surface area contributed by atoms with Gasteiger partial charge in [0, 0.05) is 11.6 Å². The van der Waals surface area contributed by atoms with Gasteiger partial charge in [-0.2, -0.15) is 13.2 Å². The molecule has 0 amide bonds. The van der Waals surface area contributed by atoms with Crippen LogP contribution in [0.3, 0.4) is 0 Å². The van der Waals surface area contributed by atoms with Gasteiger partial charge in [-0.05, 0) is 48.4 Å². The lowest BCUT2D eigenvalue weighted by Gasteiger charge is -2.36. The van der Waals surface area contributed by atoms with Crippen LogP contribution < -0.4 is 9.04 Å². The third kappa shape index (κ3) is 5.64. The molecule has 0 unspecified atom stereocenters. The fourth-order valence-electron chi connectivity index (χ4n) is 4.10. The summed E-state index contributed by atoms with van der Waals surface area (Å²) >= 11 is 5.94. The van der Waals surface area contributed by atoms with Crippen molar-refractivity contribution in [3.8, 4) is 16.9 Å². The number of hydrogen-bond acceptors (Lipinski definition) is 4. The maximum atomic E-state index is 15.4. The van der Waals surface area contributed by atoms with Gasteiger partial charge in [0.15, 0.2) is 11.6 Å². The van der Waals surface area contributed by atoms with E-state index in [4.69, 9.17) is 16.3 Å². The smallest absolute Gasteiger partial charge is 0.416 e. The molecular weight excluding hydrogens is 576 g/mol. The molecule has 0 spiro atoms. The molecule has 0 saturated heterocycles. The molecule has 1 aliphatic heterocycles. The van der Waals surface area contributed by atoms with Crippen molar-refractivity contribution < 1.29 is 49.4 Å². The van der Waals surface area contributed by atoms with Crippen LogP contribution in [0.15, 0.2) is 53.4 Å². The topological polar surface area (TPSA) is 83.9 Å². The average Bonchev–Trinajstić information content (AvgIpc) is 2.85. The first-order valence-corrected chi connectivity index (χ1v) is 13.0. The Balaban J connectivity index is 1.91. The highest BCUT2D eigenvalue weighted by molar-refractivity contribution is 7.92. The Kier molecular flexibility index (Phi) is 7.52. The SMILES string of the molecule is C[C@@H](C[C@H]1CN(S(=O)(=O)c2cccc(C(F)(F)F)c2)c2cc(-c3cc(F)cc(F)c3Cl)cc(F)c2O1)C(=O)O. The van der Waals surface area contributed by atoms with Gasteiger partial charge in [0.1, 0.15) is 17.7 Å². The summed E-state index contributed by atoms with van der Waals surface area (Å²) in [6, 6.07) is 5.94. The number of carboxylic acids is 1. The quantitative estimate of drug-likeness (QED) is 0.260. The molecule has 1 heterocycles. The molecule has 14 heteroatoms. The van der Waals surface area contributed by atoms with E-state index in [1.54, 1.807) is 0 Å². The van der Waals surface area contributed by atoms with Crippen molar-refractivity contribution in [2.45, 2.75) is 30.5 Å². The Labute approximate surface area is 223 Å². The van der Waals surface area contributed by atoms with Gasteiger partial charge in [-0.15, -0.1) is 0 Å². The molecule has 4 rings (SSSR count). The molecule has 3 aromatic rings. The van der Waals surface area contributed by atoms with Crippen molar-refractivity contribution >= 4 is 33.3 Å². The molecule has 2 atom stereocenters. The number of aliphatic carboxylic acids is 1. The number of fused-ring (bicyclic) bond motifs is 1. The summed E-state index contributed by atoms with van der Waals surface area (Å²) in [6.45, 7) is 0.712. The molecule has 0 fully saturated rings. The van der Waals surface area contributed by atoms with E-state index in [-0.39, 0.29) is 17.5 Å². The molecule has 0 bridgehead atoms. The van der Waals surface area contributed by atoms with Gasteiger partial charge in [-0.3, -0.25) is 9.10 Å². The summed E-state index contributed by atoms with van der Waals surface area (Å²) in [5, 5.41) is 8.67. The number of ether oxygens (including phenoxy) is 1. The number of anilines is 1. The largest absolute Gasteiger partial charge is 0.483 e. The van der Waals surface area contributed by atoms with E-state index in [1.165, 1.54) is 6.92 Å². The summed E-state index contributed by atoms with van der Waals surface area (Å²) in [5.74, 6) is -6.34. The molecule has 39 heavy (non-hydrogen) atoms. The van der Waals surface area contributed by atoms with Crippen molar-refractivity contribution in [3.63, 3.8) is 0 Å². The van der Waals surface area contributed by atoms with Crippen molar-refractivity contribution in [3.05, 3.63) is 76.6 Å². The molecule has 0 saturated carbocycles. The van der Waals surface area contributed by atoms with Gasteiger partial charge in [-0.1, -0.05) is 24.6 Å².